The highest BCUT2D eigenvalue weighted by Gasteiger charge is 2.25. The molecule has 5 heteroatoms. The molecule has 0 saturated carbocycles. The van der Waals surface area contributed by atoms with E-state index in [1.54, 1.807) is 7.11 Å². The first-order chi connectivity index (χ1) is 10.6. The largest absolute Gasteiger partial charge is 0.497 e. The first-order valence-electron chi connectivity index (χ1n) is 7.50. The van der Waals surface area contributed by atoms with Gasteiger partial charge >= 0.3 is 0 Å². The lowest BCUT2D eigenvalue weighted by atomic mass is 10.0. The molecule has 2 heterocycles. The summed E-state index contributed by atoms with van der Waals surface area (Å²) in [4.78, 5) is 14.4. The van der Waals surface area contributed by atoms with Crippen molar-refractivity contribution in [3.05, 3.63) is 46.8 Å². The average Bonchev–Trinajstić information content (AvgIpc) is 2.82. The van der Waals surface area contributed by atoms with Gasteiger partial charge in [-0.1, -0.05) is 12.1 Å². The van der Waals surface area contributed by atoms with Crippen LogP contribution in [0.25, 0.3) is 0 Å². The summed E-state index contributed by atoms with van der Waals surface area (Å²) in [5.41, 5.74) is 4.56. The van der Waals surface area contributed by atoms with E-state index in [1.807, 2.05) is 47.8 Å². The molecule has 1 aromatic heterocycles. The molecule has 0 fully saturated rings. The molecule has 1 aromatic carbocycles. The van der Waals surface area contributed by atoms with E-state index in [0.717, 1.165) is 35.7 Å². The van der Waals surface area contributed by atoms with Crippen LogP contribution < -0.4 is 4.74 Å². The van der Waals surface area contributed by atoms with Crippen molar-refractivity contribution in [3.8, 4) is 5.75 Å². The van der Waals surface area contributed by atoms with Gasteiger partial charge in [0.1, 0.15) is 5.75 Å². The highest BCUT2D eigenvalue weighted by atomic mass is 16.5. The Morgan fingerprint density at radius 2 is 2.05 bits per heavy atom. The number of hydrogen-bond donors (Lipinski definition) is 0. The number of amides is 1. The highest BCUT2D eigenvalue weighted by molar-refractivity contribution is 5.79. The molecule has 0 aliphatic carbocycles. The maximum absolute atomic E-state index is 12.5. The summed E-state index contributed by atoms with van der Waals surface area (Å²) in [6, 6.07) is 7.67. The molecule has 1 aliphatic heterocycles. The number of aromatic nitrogens is 2. The quantitative estimate of drug-likeness (QED) is 0.869. The molecule has 1 amide bonds. The topological polar surface area (TPSA) is 47.4 Å². The van der Waals surface area contributed by atoms with Crippen LogP contribution in [0.5, 0.6) is 5.75 Å². The zero-order chi connectivity index (χ0) is 15.7. The number of benzene rings is 1. The Kier molecular flexibility index (Phi) is 3.88. The second-order valence-corrected chi connectivity index (χ2v) is 5.72. The lowest BCUT2D eigenvalue weighted by molar-refractivity contribution is -0.131. The summed E-state index contributed by atoms with van der Waals surface area (Å²) in [6.45, 7) is 3.46. The van der Waals surface area contributed by atoms with E-state index in [2.05, 4.69) is 5.10 Å². The lowest BCUT2D eigenvalue weighted by Crippen LogP contribution is -2.37. The summed E-state index contributed by atoms with van der Waals surface area (Å²) in [6.07, 6.45) is 1.32. The average molecular weight is 299 g/mol. The molecule has 22 heavy (non-hydrogen) atoms. The van der Waals surface area contributed by atoms with Crippen LogP contribution in [0.15, 0.2) is 24.3 Å². The van der Waals surface area contributed by atoms with Gasteiger partial charge < -0.3 is 9.64 Å². The van der Waals surface area contributed by atoms with Crippen molar-refractivity contribution in [2.24, 2.45) is 7.05 Å². The number of rotatable bonds is 3. The predicted molar refractivity (Wildman–Crippen MR) is 83.8 cm³/mol. The third-order valence-corrected chi connectivity index (χ3v) is 4.32. The summed E-state index contributed by atoms with van der Waals surface area (Å²) in [7, 11) is 3.59. The molecule has 0 N–H and O–H groups in total. The van der Waals surface area contributed by atoms with Crippen LogP contribution in [0, 0.1) is 6.92 Å². The minimum atomic E-state index is 0.162. The van der Waals surface area contributed by atoms with E-state index in [1.165, 1.54) is 5.56 Å². The van der Waals surface area contributed by atoms with Gasteiger partial charge in [0, 0.05) is 13.6 Å². The molecule has 0 bridgehead atoms. The van der Waals surface area contributed by atoms with Crippen LogP contribution in [-0.2, 0) is 31.2 Å². The van der Waals surface area contributed by atoms with Gasteiger partial charge in [-0.15, -0.1) is 0 Å². The normalized spacial score (nSPS) is 13.9. The van der Waals surface area contributed by atoms with Crippen molar-refractivity contribution in [3.63, 3.8) is 0 Å². The molecular formula is C17H21N3O2. The van der Waals surface area contributed by atoms with Crippen LogP contribution in [0.1, 0.15) is 22.5 Å². The van der Waals surface area contributed by atoms with Gasteiger partial charge in [0.05, 0.1) is 31.5 Å². The van der Waals surface area contributed by atoms with Crippen LogP contribution in [-0.4, -0.2) is 34.2 Å². The third-order valence-electron chi connectivity index (χ3n) is 4.32. The van der Waals surface area contributed by atoms with Crippen molar-refractivity contribution >= 4 is 5.91 Å². The summed E-state index contributed by atoms with van der Waals surface area (Å²) >= 11 is 0. The van der Waals surface area contributed by atoms with Crippen molar-refractivity contribution in [2.75, 3.05) is 13.7 Å². The molecule has 0 atom stereocenters. The second kappa shape index (κ2) is 5.83. The maximum atomic E-state index is 12.5. The zero-order valence-electron chi connectivity index (χ0n) is 13.3. The minimum absolute atomic E-state index is 0.162. The SMILES string of the molecule is COc1ccc(CC(=O)N2CCc3c(C)nn(C)c3C2)cc1. The van der Waals surface area contributed by atoms with Crippen LogP contribution in [0.2, 0.25) is 0 Å². The molecule has 116 valence electrons. The summed E-state index contributed by atoms with van der Waals surface area (Å²) in [5, 5.41) is 4.45. The number of aryl methyl sites for hydroxylation is 2. The Bertz CT molecular complexity index is 689. The summed E-state index contributed by atoms with van der Waals surface area (Å²) < 4.78 is 7.04. The standard InChI is InChI=1S/C17H21N3O2/c1-12-15-8-9-20(11-16(15)19(2)18-12)17(21)10-13-4-6-14(22-3)7-5-13/h4-7H,8-11H2,1-3H3. The maximum Gasteiger partial charge on any atom is 0.227 e. The van der Waals surface area contributed by atoms with Crippen molar-refractivity contribution in [2.45, 2.75) is 26.3 Å². The van der Waals surface area contributed by atoms with Crippen LogP contribution >= 0.6 is 0 Å². The fraction of sp³-hybridized carbons (Fsp3) is 0.412. The zero-order valence-corrected chi connectivity index (χ0v) is 13.3. The number of fused-ring (bicyclic) bond motifs is 1. The van der Waals surface area contributed by atoms with Gasteiger partial charge in [0.25, 0.3) is 0 Å². The molecule has 5 nitrogen and oxygen atoms in total. The number of carbonyl (C=O) groups excluding carboxylic acids is 1. The Balaban J connectivity index is 1.69. The lowest BCUT2D eigenvalue weighted by Gasteiger charge is -2.27. The monoisotopic (exact) mass is 299 g/mol. The fourth-order valence-electron chi connectivity index (χ4n) is 3.02. The van der Waals surface area contributed by atoms with Gasteiger partial charge in [-0.3, -0.25) is 9.48 Å². The van der Waals surface area contributed by atoms with Gasteiger partial charge in [-0.25, -0.2) is 0 Å². The fourth-order valence-corrected chi connectivity index (χ4v) is 3.02. The number of nitrogens with zero attached hydrogens (tertiary/aromatic N) is 3. The molecule has 3 rings (SSSR count). The van der Waals surface area contributed by atoms with E-state index < -0.39 is 0 Å². The Morgan fingerprint density at radius 3 is 2.73 bits per heavy atom. The molecular weight excluding hydrogens is 278 g/mol. The van der Waals surface area contributed by atoms with Gasteiger partial charge in [0.2, 0.25) is 5.91 Å². The number of methoxy groups -OCH3 is 1. The van der Waals surface area contributed by atoms with E-state index >= 15 is 0 Å². The number of ether oxygens (including phenoxy) is 1. The van der Waals surface area contributed by atoms with Gasteiger partial charge in [-0.05, 0) is 36.6 Å². The van der Waals surface area contributed by atoms with Crippen molar-refractivity contribution in [1.82, 2.24) is 14.7 Å². The minimum Gasteiger partial charge on any atom is -0.497 e. The van der Waals surface area contributed by atoms with Gasteiger partial charge in [-0.2, -0.15) is 5.10 Å². The number of hydrogen-bond acceptors (Lipinski definition) is 3. The summed E-state index contributed by atoms with van der Waals surface area (Å²) in [5.74, 6) is 0.971. The Morgan fingerprint density at radius 1 is 1.32 bits per heavy atom. The molecule has 0 radical (unpaired) electrons. The molecule has 0 saturated heterocycles. The predicted octanol–water partition coefficient (Wildman–Crippen LogP) is 1.86. The highest BCUT2D eigenvalue weighted by Crippen LogP contribution is 2.22. The molecule has 0 spiro atoms. The smallest absolute Gasteiger partial charge is 0.227 e. The molecule has 0 unspecified atom stereocenters. The third kappa shape index (κ3) is 2.71. The number of carbonyl (C=O) groups is 1. The van der Waals surface area contributed by atoms with Crippen molar-refractivity contribution in [1.29, 1.82) is 0 Å². The molecule has 1 aliphatic rings. The Hall–Kier alpha value is -2.30. The first-order valence-corrected chi connectivity index (χ1v) is 7.50. The second-order valence-electron chi connectivity index (χ2n) is 5.72. The Labute approximate surface area is 130 Å². The van der Waals surface area contributed by atoms with Crippen LogP contribution in [0.3, 0.4) is 0 Å². The van der Waals surface area contributed by atoms with Crippen molar-refractivity contribution < 1.29 is 9.53 Å². The van der Waals surface area contributed by atoms with E-state index in [0.29, 0.717) is 13.0 Å². The molecule has 2 aromatic rings. The first kappa shape index (κ1) is 14.6. The van der Waals surface area contributed by atoms with E-state index in [9.17, 15) is 4.79 Å². The van der Waals surface area contributed by atoms with Gasteiger partial charge in [0.15, 0.2) is 0 Å². The van der Waals surface area contributed by atoms with E-state index in [4.69, 9.17) is 4.74 Å². The van der Waals surface area contributed by atoms with E-state index in [-0.39, 0.29) is 5.91 Å². The van der Waals surface area contributed by atoms with Crippen LogP contribution in [0.4, 0.5) is 0 Å².